The average Bonchev–Trinajstić information content (AvgIpc) is 3.68. The number of hydrazone groups is 1. The largest absolute Gasteiger partial charge is 0.391 e. The Kier molecular flexibility index (Phi) is 10.9. The number of carbonyl (C=O) groups is 1. The van der Waals surface area contributed by atoms with Crippen LogP contribution in [0.15, 0.2) is 20.1 Å². The first-order valence-electron chi connectivity index (χ1n) is 13.7. The highest BCUT2D eigenvalue weighted by Gasteiger charge is 2.29. The lowest BCUT2D eigenvalue weighted by Crippen LogP contribution is -2.19. The van der Waals surface area contributed by atoms with Gasteiger partial charge in [-0.05, 0) is 12.8 Å². The summed E-state index contributed by atoms with van der Waals surface area (Å²) in [6.07, 6.45) is 1.90. The van der Waals surface area contributed by atoms with Gasteiger partial charge in [-0.1, -0.05) is 55.4 Å². The van der Waals surface area contributed by atoms with Crippen molar-refractivity contribution in [2.45, 2.75) is 80.1 Å². The van der Waals surface area contributed by atoms with E-state index in [2.05, 4.69) is 71.3 Å². The molecule has 0 bridgehead atoms. The highest BCUT2D eigenvalue weighted by molar-refractivity contribution is 6.07. The van der Waals surface area contributed by atoms with Gasteiger partial charge in [0.2, 0.25) is 17.4 Å². The van der Waals surface area contributed by atoms with Gasteiger partial charge in [-0.2, -0.15) is 15.3 Å². The van der Waals surface area contributed by atoms with Crippen LogP contribution < -0.4 is 11.3 Å². The van der Waals surface area contributed by atoms with Crippen molar-refractivity contribution in [3.63, 3.8) is 0 Å². The van der Waals surface area contributed by atoms with Crippen molar-refractivity contribution >= 4 is 40.3 Å². The molecule has 0 aromatic carbocycles. The van der Waals surface area contributed by atoms with Gasteiger partial charge in [0.25, 0.3) is 11.2 Å². The van der Waals surface area contributed by atoms with Crippen LogP contribution in [0.4, 0.5) is 28.7 Å². The number of rotatable bonds is 4. The monoisotopic (exact) mass is 591 g/mol. The van der Waals surface area contributed by atoms with Crippen LogP contribution in [0.5, 0.6) is 0 Å². The van der Waals surface area contributed by atoms with E-state index >= 15 is 0 Å². The maximum Gasteiger partial charge on any atom is 0.294 e. The van der Waals surface area contributed by atoms with Crippen LogP contribution >= 0.6 is 0 Å². The number of aromatic amines is 3. The van der Waals surface area contributed by atoms with Gasteiger partial charge in [-0.25, -0.2) is 14.7 Å². The third-order valence-corrected chi connectivity index (χ3v) is 6.40. The van der Waals surface area contributed by atoms with E-state index in [-0.39, 0.29) is 33.8 Å². The Labute approximate surface area is 251 Å². The minimum Gasteiger partial charge on any atom is -0.391 e. The molecule has 4 rings (SSSR count). The van der Waals surface area contributed by atoms with E-state index in [0.29, 0.717) is 41.4 Å². The van der Waals surface area contributed by atoms with Crippen molar-refractivity contribution in [3.05, 3.63) is 50.3 Å². The van der Waals surface area contributed by atoms with Crippen LogP contribution in [0.1, 0.15) is 78.9 Å². The number of amides is 1. The summed E-state index contributed by atoms with van der Waals surface area (Å²) in [5.41, 5.74) is 9.10. The molecule has 0 aliphatic carbocycles. The number of nitrogen functional groups attached to an aromatic ring is 1. The van der Waals surface area contributed by atoms with Gasteiger partial charge < -0.3 is 5.73 Å². The summed E-state index contributed by atoms with van der Waals surface area (Å²) in [5.74, 6) is 0.594. The fourth-order valence-corrected chi connectivity index (χ4v) is 3.75. The van der Waals surface area contributed by atoms with Gasteiger partial charge in [0, 0.05) is 36.3 Å². The van der Waals surface area contributed by atoms with Crippen LogP contribution in [0, 0.1) is 18.6 Å². The first kappa shape index (κ1) is 34.2. The maximum absolute atomic E-state index is 12.2. The number of azo groups is 1. The van der Waals surface area contributed by atoms with Gasteiger partial charge in [-0.15, -0.1) is 10.2 Å². The summed E-state index contributed by atoms with van der Waals surface area (Å²) < 4.78 is 1.37. The minimum absolute atomic E-state index is 0.0282. The lowest BCUT2D eigenvalue weighted by atomic mass is 9.88. The highest BCUT2D eigenvalue weighted by Crippen LogP contribution is 2.33. The van der Waals surface area contributed by atoms with E-state index in [1.54, 1.807) is 14.1 Å². The van der Waals surface area contributed by atoms with Crippen molar-refractivity contribution in [2.75, 3.05) is 12.8 Å². The predicted molar refractivity (Wildman–Crippen MR) is 166 cm³/mol. The zero-order valence-corrected chi connectivity index (χ0v) is 26.5. The summed E-state index contributed by atoms with van der Waals surface area (Å²) in [6, 6.07) is 0. The van der Waals surface area contributed by atoms with Crippen LogP contribution in [0.2, 0.25) is 0 Å². The number of anilines is 1. The van der Waals surface area contributed by atoms with Gasteiger partial charge >= 0.3 is 0 Å². The molecule has 1 amide bonds. The van der Waals surface area contributed by atoms with Gasteiger partial charge in [0.15, 0.2) is 11.5 Å². The average molecular weight is 592 g/mol. The topological polar surface area (TPSA) is 187 Å². The summed E-state index contributed by atoms with van der Waals surface area (Å²) >= 11 is 0. The van der Waals surface area contributed by atoms with Crippen molar-refractivity contribution in [1.82, 2.24) is 35.2 Å². The van der Waals surface area contributed by atoms with E-state index in [9.17, 15) is 9.59 Å². The molecular weight excluding hydrogens is 550 g/mol. The third kappa shape index (κ3) is 8.25. The number of nitrogens with one attached hydrogen (secondary N) is 3. The SMILES string of the molecule is CN1N=C(C(C)(C)C)CC1=O.[C-]#[N+]c1c(N)n[nH]c1CC.[C-]#[N+]c1c(N=Nc2c(C(C)(C)C)[nH]n(C)c2=O)n[nH]c1CC. The number of aromatic nitrogens is 6. The molecular formula is C28H41N13O2. The molecule has 3 aromatic rings. The molecule has 1 aliphatic rings. The second-order valence-corrected chi connectivity index (χ2v) is 11.8. The zero-order valence-electron chi connectivity index (χ0n) is 26.5. The Morgan fingerprint density at radius 1 is 0.907 bits per heavy atom. The molecule has 5 N–H and O–H groups in total. The highest BCUT2D eigenvalue weighted by atomic mass is 16.2. The lowest BCUT2D eigenvalue weighted by Gasteiger charge is -2.16. The minimum atomic E-state index is -0.280. The second-order valence-electron chi connectivity index (χ2n) is 11.8. The Bertz CT molecular complexity index is 1640. The molecule has 0 unspecified atom stereocenters. The van der Waals surface area contributed by atoms with Gasteiger partial charge in [0.05, 0.1) is 31.0 Å². The van der Waals surface area contributed by atoms with Crippen molar-refractivity contribution in [3.8, 4) is 0 Å². The van der Waals surface area contributed by atoms with Crippen LogP contribution in [-0.4, -0.2) is 53.9 Å². The number of hydrogen-bond donors (Lipinski definition) is 4. The molecule has 0 atom stereocenters. The van der Waals surface area contributed by atoms with Crippen LogP contribution in [-0.2, 0) is 30.1 Å². The fraction of sp³-hybridized carbons (Fsp3) is 0.536. The smallest absolute Gasteiger partial charge is 0.294 e. The van der Waals surface area contributed by atoms with Crippen molar-refractivity contribution < 1.29 is 4.79 Å². The van der Waals surface area contributed by atoms with Crippen LogP contribution in [0.25, 0.3) is 9.69 Å². The Hall–Kier alpha value is -5.05. The molecule has 4 heterocycles. The summed E-state index contributed by atoms with van der Waals surface area (Å²) in [7, 11) is 3.33. The molecule has 0 saturated carbocycles. The quantitative estimate of drug-likeness (QED) is 0.226. The molecule has 230 valence electrons. The normalized spacial score (nSPS) is 13.2. The summed E-state index contributed by atoms with van der Waals surface area (Å²) in [6.45, 7) is 29.9. The number of nitrogens with two attached hydrogens (primary N) is 1. The molecule has 15 nitrogen and oxygen atoms in total. The summed E-state index contributed by atoms with van der Waals surface area (Å²) in [5, 5.41) is 29.7. The summed E-state index contributed by atoms with van der Waals surface area (Å²) in [4.78, 5) is 29.9. The van der Waals surface area contributed by atoms with E-state index in [1.807, 2.05) is 34.6 Å². The first-order chi connectivity index (χ1) is 20.0. The Balaban J connectivity index is 0.000000255. The number of aryl methyl sites for hydroxylation is 3. The molecule has 0 fully saturated rings. The van der Waals surface area contributed by atoms with Crippen molar-refractivity contribution in [1.29, 1.82) is 0 Å². The van der Waals surface area contributed by atoms with Crippen LogP contribution in [0.3, 0.4) is 0 Å². The molecule has 0 saturated heterocycles. The second kappa shape index (κ2) is 13.7. The molecule has 43 heavy (non-hydrogen) atoms. The van der Waals surface area contributed by atoms with E-state index in [0.717, 1.165) is 17.8 Å². The number of carbonyl (C=O) groups excluding carboxylic acids is 1. The molecule has 0 radical (unpaired) electrons. The number of H-pyrrole nitrogens is 3. The number of nitrogens with zero attached hydrogens (tertiary/aromatic N) is 9. The van der Waals surface area contributed by atoms with Crippen molar-refractivity contribution in [2.24, 2.45) is 27.8 Å². The predicted octanol–water partition coefficient (Wildman–Crippen LogP) is 5.62. The molecule has 15 heteroatoms. The molecule has 1 aliphatic heterocycles. The fourth-order valence-electron chi connectivity index (χ4n) is 3.75. The van der Waals surface area contributed by atoms with E-state index in [4.69, 9.17) is 18.9 Å². The van der Waals surface area contributed by atoms with E-state index < -0.39 is 0 Å². The lowest BCUT2D eigenvalue weighted by molar-refractivity contribution is -0.127. The Morgan fingerprint density at radius 2 is 1.47 bits per heavy atom. The maximum atomic E-state index is 12.2. The van der Waals surface area contributed by atoms with E-state index in [1.165, 1.54) is 9.69 Å². The molecule has 3 aromatic heterocycles. The molecule has 0 spiro atoms. The van der Waals surface area contributed by atoms with Gasteiger partial charge in [-0.3, -0.25) is 29.6 Å². The van der Waals surface area contributed by atoms with Gasteiger partial charge in [0.1, 0.15) is 0 Å². The standard InChI is InChI=1S/C14H19N7O.C8H14N2O.C6H8N4/c1-7-8-9(15-5)12(18-16-8)19-17-10-11(14(2,3)4)20-21(6)13(10)22;1-8(2,3)6-5-7(11)10(4)9-6;1-3-4-5(8-2)6(7)10-9-4/h20H,7H2,1-4,6H3,(H,16,18);5H2,1-4H3;3H2,1H3,(H3,7,9,10). The third-order valence-electron chi connectivity index (χ3n) is 6.40. The Morgan fingerprint density at radius 3 is 1.88 bits per heavy atom. The number of hydrogen-bond acceptors (Lipinski definition) is 8. The first-order valence-corrected chi connectivity index (χ1v) is 13.7. The zero-order chi connectivity index (χ0) is 32.7.